The van der Waals surface area contributed by atoms with E-state index in [1.165, 1.54) is 5.56 Å². The van der Waals surface area contributed by atoms with E-state index in [2.05, 4.69) is 45.0 Å². The van der Waals surface area contributed by atoms with E-state index in [1.54, 1.807) is 6.92 Å². The zero-order valence-electron chi connectivity index (χ0n) is 13.3. The number of fused-ring (bicyclic) bond motifs is 2. The third kappa shape index (κ3) is 2.41. The Labute approximate surface area is 127 Å². The van der Waals surface area contributed by atoms with Crippen LogP contribution in [0.1, 0.15) is 50.8 Å². The normalized spacial score (nSPS) is 41.8. The van der Waals surface area contributed by atoms with Crippen molar-refractivity contribution in [3.05, 3.63) is 35.4 Å². The van der Waals surface area contributed by atoms with Crippen LogP contribution in [0.25, 0.3) is 0 Å². The first-order chi connectivity index (χ1) is 9.72. The van der Waals surface area contributed by atoms with Crippen LogP contribution < -0.4 is 0 Å². The monoisotopic (exact) mass is 290 g/mol. The maximum Gasteiger partial charge on any atom is 0.0933 e. The molecular weight excluding hydrogens is 264 g/mol. The predicted octanol–water partition coefficient (Wildman–Crippen LogP) is 2.98. The maximum atomic E-state index is 10.8. The summed E-state index contributed by atoms with van der Waals surface area (Å²) in [5, 5.41) is 21.2. The van der Waals surface area contributed by atoms with Crippen molar-refractivity contribution >= 4 is 0 Å². The Balaban J connectivity index is 2.00. The second kappa shape index (κ2) is 4.80. The third-order valence-electron chi connectivity index (χ3n) is 5.66. The summed E-state index contributed by atoms with van der Waals surface area (Å²) in [5.41, 5.74) is 0.931. The van der Waals surface area contributed by atoms with Gasteiger partial charge in [-0.2, -0.15) is 0 Å². The maximum absolute atomic E-state index is 10.8. The van der Waals surface area contributed by atoms with Crippen molar-refractivity contribution in [3.8, 4) is 0 Å². The molecule has 3 rings (SSSR count). The van der Waals surface area contributed by atoms with Gasteiger partial charge in [0.05, 0.1) is 23.4 Å². The first-order valence-electron chi connectivity index (χ1n) is 7.86. The lowest BCUT2D eigenvalue weighted by Gasteiger charge is -2.56. The topological polar surface area (TPSA) is 49.7 Å². The molecule has 5 atom stereocenters. The summed E-state index contributed by atoms with van der Waals surface area (Å²) < 4.78 is 6.38. The van der Waals surface area contributed by atoms with E-state index in [0.717, 1.165) is 12.0 Å². The Morgan fingerprint density at radius 2 is 1.71 bits per heavy atom. The van der Waals surface area contributed by atoms with Crippen LogP contribution in [0.15, 0.2) is 24.3 Å². The third-order valence-corrected chi connectivity index (χ3v) is 5.66. The fourth-order valence-corrected chi connectivity index (χ4v) is 3.96. The molecule has 1 saturated heterocycles. The molecule has 2 fully saturated rings. The van der Waals surface area contributed by atoms with Gasteiger partial charge in [-0.3, -0.25) is 0 Å². The number of aliphatic hydroxyl groups excluding tert-OH is 1. The van der Waals surface area contributed by atoms with Gasteiger partial charge in [-0.1, -0.05) is 29.8 Å². The highest BCUT2D eigenvalue weighted by Gasteiger charge is 2.56. The molecule has 3 heteroatoms. The predicted molar refractivity (Wildman–Crippen MR) is 81.9 cm³/mol. The van der Waals surface area contributed by atoms with Crippen molar-refractivity contribution in [2.24, 2.45) is 11.8 Å². The number of aliphatic hydroxyl groups is 2. The van der Waals surface area contributed by atoms with E-state index in [1.807, 2.05) is 0 Å². The summed E-state index contributed by atoms with van der Waals surface area (Å²) in [6.45, 7) is 8.01. The molecule has 0 unspecified atom stereocenters. The largest absolute Gasteiger partial charge is 0.390 e. The highest BCUT2D eigenvalue weighted by molar-refractivity contribution is 5.26. The van der Waals surface area contributed by atoms with Gasteiger partial charge in [0.15, 0.2) is 0 Å². The molecule has 1 aromatic rings. The van der Waals surface area contributed by atoms with Crippen LogP contribution >= 0.6 is 0 Å². The van der Waals surface area contributed by atoms with Crippen molar-refractivity contribution in [2.75, 3.05) is 0 Å². The van der Waals surface area contributed by atoms with E-state index in [-0.39, 0.29) is 17.6 Å². The molecular formula is C18H26O3. The molecule has 2 aliphatic rings. The summed E-state index contributed by atoms with van der Waals surface area (Å²) in [7, 11) is 0. The van der Waals surface area contributed by atoms with Crippen molar-refractivity contribution in [3.63, 3.8) is 0 Å². The van der Waals surface area contributed by atoms with Gasteiger partial charge in [-0.05, 0) is 52.0 Å². The molecule has 0 amide bonds. The zero-order valence-corrected chi connectivity index (χ0v) is 13.3. The lowest BCUT2D eigenvalue weighted by atomic mass is 9.61. The van der Waals surface area contributed by atoms with Crippen molar-refractivity contribution in [2.45, 2.75) is 63.9 Å². The molecule has 3 nitrogen and oxygen atoms in total. The second-order valence-electron chi connectivity index (χ2n) is 7.57. The van der Waals surface area contributed by atoms with Gasteiger partial charge >= 0.3 is 0 Å². The van der Waals surface area contributed by atoms with Gasteiger partial charge in [0.1, 0.15) is 0 Å². The Bertz CT molecular complexity index is 518. The minimum Gasteiger partial charge on any atom is -0.390 e. The van der Waals surface area contributed by atoms with E-state index in [0.29, 0.717) is 12.3 Å². The van der Waals surface area contributed by atoms with E-state index in [9.17, 15) is 10.2 Å². The number of rotatable bonds is 1. The molecule has 2 N–H and O–H groups in total. The molecule has 0 spiro atoms. The minimum absolute atomic E-state index is 0.0676. The fraction of sp³-hybridized carbons (Fsp3) is 0.667. The standard InChI is InChI=1S/C18H26O3/c1-11-5-7-12(8-6-11)16-14-9-13(17(2,3)21-16)10-15(19)18(14,4)20/h5-8,13-16,19-20H,9-10H2,1-4H3/t13-,14+,15-,16-,18-/m0/s1. The summed E-state index contributed by atoms with van der Waals surface area (Å²) in [5.74, 6) is 0.224. The van der Waals surface area contributed by atoms with Crippen molar-refractivity contribution in [1.82, 2.24) is 0 Å². The van der Waals surface area contributed by atoms with Crippen LogP contribution in [0.5, 0.6) is 0 Å². The molecule has 116 valence electrons. The summed E-state index contributed by atoms with van der Waals surface area (Å²) in [6, 6.07) is 8.30. The molecule has 1 aromatic carbocycles. The first-order valence-corrected chi connectivity index (χ1v) is 7.86. The van der Waals surface area contributed by atoms with Crippen LogP contribution in [-0.4, -0.2) is 27.5 Å². The van der Waals surface area contributed by atoms with Crippen LogP contribution in [-0.2, 0) is 4.74 Å². The number of hydrogen-bond donors (Lipinski definition) is 2. The zero-order chi connectivity index (χ0) is 15.4. The molecule has 1 saturated carbocycles. The fourth-order valence-electron chi connectivity index (χ4n) is 3.96. The summed E-state index contributed by atoms with van der Waals surface area (Å²) >= 11 is 0. The quantitative estimate of drug-likeness (QED) is 0.836. The Hall–Kier alpha value is -0.900. The van der Waals surface area contributed by atoms with Gasteiger partial charge < -0.3 is 14.9 Å². The van der Waals surface area contributed by atoms with Crippen LogP contribution in [0, 0.1) is 18.8 Å². The number of ether oxygens (including phenoxy) is 1. The van der Waals surface area contributed by atoms with Gasteiger partial charge in [-0.15, -0.1) is 0 Å². The average molecular weight is 290 g/mol. The lowest BCUT2D eigenvalue weighted by molar-refractivity contribution is -0.261. The van der Waals surface area contributed by atoms with Crippen LogP contribution in [0.4, 0.5) is 0 Å². The molecule has 0 aromatic heterocycles. The molecule has 1 aliphatic carbocycles. The van der Waals surface area contributed by atoms with Gasteiger partial charge in [-0.25, -0.2) is 0 Å². The molecule has 1 aliphatic heterocycles. The van der Waals surface area contributed by atoms with Gasteiger partial charge in [0.25, 0.3) is 0 Å². The summed E-state index contributed by atoms with van der Waals surface area (Å²) in [4.78, 5) is 0. The molecule has 2 bridgehead atoms. The van der Waals surface area contributed by atoms with Crippen molar-refractivity contribution < 1.29 is 14.9 Å². The van der Waals surface area contributed by atoms with Gasteiger partial charge in [0.2, 0.25) is 0 Å². The number of benzene rings is 1. The second-order valence-corrected chi connectivity index (χ2v) is 7.57. The highest BCUT2D eigenvalue weighted by atomic mass is 16.5. The highest BCUT2D eigenvalue weighted by Crippen LogP contribution is 2.54. The first kappa shape index (κ1) is 15.0. The Morgan fingerprint density at radius 1 is 1.10 bits per heavy atom. The van der Waals surface area contributed by atoms with E-state index in [4.69, 9.17) is 4.74 Å². The molecule has 1 heterocycles. The van der Waals surface area contributed by atoms with Crippen LogP contribution in [0.3, 0.4) is 0 Å². The average Bonchev–Trinajstić information content (AvgIpc) is 2.40. The van der Waals surface area contributed by atoms with E-state index < -0.39 is 11.7 Å². The van der Waals surface area contributed by atoms with E-state index >= 15 is 0 Å². The van der Waals surface area contributed by atoms with Crippen LogP contribution in [0.2, 0.25) is 0 Å². The summed E-state index contributed by atoms with van der Waals surface area (Å²) in [6.07, 6.45) is 0.659. The lowest BCUT2D eigenvalue weighted by Crippen LogP contribution is -2.60. The van der Waals surface area contributed by atoms with Gasteiger partial charge in [0, 0.05) is 5.92 Å². The Kier molecular flexibility index (Phi) is 3.43. The SMILES string of the molecule is Cc1ccc([C@@H]2OC(C)(C)[C@H]3C[C@H]2[C@](C)(O)[C@@H](O)C3)cc1. The minimum atomic E-state index is -1.09. The molecule has 0 radical (unpaired) electrons. The number of aryl methyl sites for hydroxylation is 1. The molecule has 21 heavy (non-hydrogen) atoms. The van der Waals surface area contributed by atoms with Crippen molar-refractivity contribution in [1.29, 1.82) is 0 Å². The number of hydrogen-bond acceptors (Lipinski definition) is 3. The smallest absolute Gasteiger partial charge is 0.0933 e. The Morgan fingerprint density at radius 3 is 2.33 bits per heavy atom.